The Morgan fingerprint density at radius 2 is 2.15 bits per heavy atom. The highest BCUT2D eigenvalue weighted by Gasteiger charge is 2.32. The molecular weight excluding hydrogens is 164 g/mol. The summed E-state index contributed by atoms with van der Waals surface area (Å²) in [6.07, 6.45) is 3.28. The minimum Gasteiger partial charge on any atom is -0.294 e. The molecule has 3 nitrogen and oxygen atoms in total. The van der Waals surface area contributed by atoms with E-state index in [1.165, 1.54) is 0 Å². The van der Waals surface area contributed by atoms with Gasteiger partial charge in [-0.15, -0.1) is 0 Å². The van der Waals surface area contributed by atoms with Crippen molar-refractivity contribution in [2.75, 3.05) is 0 Å². The van der Waals surface area contributed by atoms with Gasteiger partial charge in [0, 0.05) is 19.2 Å². The highest BCUT2D eigenvalue weighted by Crippen LogP contribution is 2.33. The van der Waals surface area contributed by atoms with Gasteiger partial charge in [-0.3, -0.25) is 9.48 Å². The molecule has 2 rings (SSSR count). The third-order valence-corrected chi connectivity index (χ3v) is 2.65. The van der Waals surface area contributed by atoms with Crippen LogP contribution >= 0.6 is 0 Å². The van der Waals surface area contributed by atoms with Gasteiger partial charge in [0.2, 0.25) is 0 Å². The van der Waals surface area contributed by atoms with Crippen LogP contribution in [0.3, 0.4) is 0 Å². The van der Waals surface area contributed by atoms with E-state index < -0.39 is 0 Å². The zero-order valence-corrected chi connectivity index (χ0v) is 8.29. The van der Waals surface area contributed by atoms with Gasteiger partial charge in [0.05, 0.1) is 11.8 Å². The molecule has 13 heavy (non-hydrogen) atoms. The smallest absolute Gasteiger partial charge is 0.166 e. The van der Waals surface area contributed by atoms with Crippen molar-refractivity contribution < 1.29 is 4.79 Å². The highest BCUT2D eigenvalue weighted by molar-refractivity contribution is 5.98. The van der Waals surface area contributed by atoms with Crippen molar-refractivity contribution in [1.82, 2.24) is 9.78 Å². The fourth-order valence-corrected chi connectivity index (χ4v) is 1.95. The molecule has 0 amide bonds. The van der Waals surface area contributed by atoms with Gasteiger partial charge in [0.15, 0.2) is 5.78 Å². The number of fused-ring (bicyclic) bond motifs is 1. The summed E-state index contributed by atoms with van der Waals surface area (Å²) in [4.78, 5) is 11.7. The van der Waals surface area contributed by atoms with Crippen LogP contribution in [0.4, 0.5) is 0 Å². The van der Waals surface area contributed by atoms with E-state index in [4.69, 9.17) is 0 Å². The third kappa shape index (κ3) is 1.28. The number of carbonyl (C=O) groups excluding carboxylic acids is 1. The summed E-state index contributed by atoms with van der Waals surface area (Å²) in [6.45, 7) is 4.25. The Morgan fingerprint density at radius 1 is 1.46 bits per heavy atom. The van der Waals surface area contributed by atoms with Gasteiger partial charge in [-0.25, -0.2) is 0 Å². The standard InChI is InChI=1S/C10H14N2O/c1-10(2)4-8-7(9(13)5-10)6-11-12(8)3/h6H,4-5H2,1-3H3. The van der Waals surface area contributed by atoms with Crippen LogP contribution in [0, 0.1) is 5.41 Å². The molecule has 0 bridgehead atoms. The van der Waals surface area contributed by atoms with Crippen LogP contribution in [0.2, 0.25) is 0 Å². The van der Waals surface area contributed by atoms with E-state index in [1.807, 2.05) is 11.7 Å². The minimum atomic E-state index is 0.0951. The Kier molecular flexibility index (Phi) is 1.59. The first kappa shape index (κ1) is 8.48. The van der Waals surface area contributed by atoms with E-state index in [9.17, 15) is 4.79 Å². The number of aryl methyl sites for hydroxylation is 1. The number of hydrogen-bond acceptors (Lipinski definition) is 2. The van der Waals surface area contributed by atoms with Crippen molar-refractivity contribution in [3.05, 3.63) is 17.5 Å². The van der Waals surface area contributed by atoms with Crippen LogP contribution in [0.25, 0.3) is 0 Å². The second kappa shape index (κ2) is 2.44. The molecule has 1 aliphatic rings. The molecule has 0 aliphatic heterocycles. The summed E-state index contributed by atoms with van der Waals surface area (Å²) >= 11 is 0. The first-order valence-electron chi connectivity index (χ1n) is 4.54. The SMILES string of the molecule is Cn1ncc2c1CC(C)(C)CC2=O. The average Bonchev–Trinajstić information content (AvgIpc) is 2.30. The van der Waals surface area contributed by atoms with Crippen molar-refractivity contribution in [1.29, 1.82) is 0 Å². The number of nitrogens with zero attached hydrogens (tertiary/aromatic N) is 2. The van der Waals surface area contributed by atoms with Gasteiger partial charge in [0.25, 0.3) is 0 Å². The Morgan fingerprint density at radius 3 is 2.85 bits per heavy atom. The zero-order chi connectivity index (χ0) is 9.64. The predicted molar refractivity (Wildman–Crippen MR) is 49.6 cm³/mol. The van der Waals surface area contributed by atoms with E-state index in [2.05, 4.69) is 18.9 Å². The largest absolute Gasteiger partial charge is 0.294 e. The molecule has 0 aromatic carbocycles. The van der Waals surface area contributed by atoms with Crippen LogP contribution in [0.1, 0.15) is 36.3 Å². The second-order valence-electron chi connectivity index (χ2n) is 4.57. The molecule has 0 spiro atoms. The maximum atomic E-state index is 11.7. The Bertz CT molecular complexity index is 363. The van der Waals surface area contributed by atoms with Gasteiger partial charge >= 0.3 is 0 Å². The van der Waals surface area contributed by atoms with Crippen molar-refractivity contribution in [3.63, 3.8) is 0 Å². The molecule has 0 N–H and O–H groups in total. The molecule has 0 fully saturated rings. The van der Waals surface area contributed by atoms with E-state index >= 15 is 0 Å². The number of ketones is 1. The van der Waals surface area contributed by atoms with Gasteiger partial charge in [-0.1, -0.05) is 13.8 Å². The maximum absolute atomic E-state index is 11.7. The van der Waals surface area contributed by atoms with Crippen molar-refractivity contribution in [2.45, 2.75) is 26.7 Å². The first-order valence-corrected chi connectivity index (χ1v) is 4.54. The van der Waals surface area contributed by atoms with Crippen LogP contribution in [0.5, 0.6) is 0 Å². The minimum absolute atomic E-state index is 0.0951. The topological polar surface area (TPSA) is 34.9 Å². The number of hydrogen-bond donors (Lipinski definition) is 0. The summed E-state index contributed by atoms with van der Waals surface area (Å²) in [5.41, 5.74) is 2.00. The summed E-state index contributed by atoms with van der Waals surface area (Å²) in [5.74, 6) is 0.236. The molecule has 0 saturated heterocycles. The van der Waals surface area contributed by atoms with E-state index in [0.717, 1.165) is 17.7 Å². The molecule has 3 heteroatoms. The van der Waals surface area contributed by atoms with Crippen molar-refractivity contribution in [2.24, 2.45) is 12.5 Å². The highest BCUT2D eigenvalue weighted by atomic mass is 16.1. The number of aromatic nitrogens is 2. The van der Waals surface area contributed by atoms with Gasteiger partial charge in [-0.05, 0) is 11.8 Å². The molecule has 0 saturated carbocycles. The molecule has 1 heterocycles. The Balaban J connectivity index is 2.51. The molecule has 0 radical (unpaired) electrons. The molecule has 1 aromatic heterocycles. The lowest BCUT2D eigenvalue weighted by molar-refractivity contribution is 0.0910. The van der Waals surface area contributed by atoms with Gasteiger partial charge in [-0.2, -0.15) is 5.10 Å². The van der Waals surface area contributed by atoms with Crippen LogP contribution < -0.4 is 0 Å². The van der Waals surface area contributed by atoms with Crippen LogP contribution in [-0.2, 0) is 13.5 Å². The lowest BCUT2D eigenvalue weighted by Gasteiger charge is -2.28. The maximum Gasteiger partial charge on any atom is 0.166 e. The molecule has 70 valence electrons. The Hall–Kier alpha value is -1.12. The number of rotatable bonds is 0. The van der Waals surface area contributed by atoms with Gasteiger partial charge in [0.1, 0.15) is 0 Å². The van der Waals surface area contributed by atoms with E-state index in [0.29, 0.717) is 6.42 Å². The molecule has 1 aliphatic carbocycles. The lowest BCUT2D eigenvalue weighted by atomic mass is 9.76. The van der Waals surface area contributed by atoms with Crippen LogP contribution in [-0.4, -0.2) is 15.6 Å². The quantitative estimate of drug-likeness (QED) is 0.604. The van der Waals surface area contributed by atoms with Crippen molar-refractivity contribution in [3.8, 4) is 0 Å². The summed E-state index contributed by atoms with van der Waals surface area (Å²) in [6, 6.07) is 0. The Labute approximate surface area is 77.7 Å². The predicted octanol–water partition coefficient (Wildman–Crippen LogP) is 1.58. The normalized spacial score (nSPS) is 20.1. The number of carbonyl (C=O) groups is 1. The fourth-order valence-electron chi connectivity index (χ4n) is 1.95. The van der Waals surface area contributed by atoms with E-state index in [-0.39, 0.29) is 11.2 Å². The average molecular weight is 178 g/mol. The zero-order valence-electron chi connectivity index (χ0n) is 8.29. The van der Waals surface area contributed by atoms with Gasteiger partial charge < -0.3 is 0 Å². The third-order valence-electron chi connectivity index (χ3n) is 2.65. The monoisotopic (exact) mass is 178 g/mol. The first-order chi connectivity index (χ1) is 5.99. The summed E-state index contributed by atoms with van der Waals surface area (Å²) in [7, 11) is 1.90. The summed E-state index contributed by atoms with van der Waals surface area (Å²) in [5, 5.41) is 4.11. The second-order valence-corrected chi connectivity index (χ2v) is 4.57. The fraction of sp³-hybridized carbons (Fsp3) is 0.600. The molecule has 0 atom stereocenters. The molecular formula is C10H14N2O. The number of Topliss-reactive ketones (excluding diaryl/α,β-unsaturated/α-hetero) is 1. The molecule has 1 aromatic rings. The van der Waals surface area contributed by atoms with Crippen molar-refractivity contribution >= 4 is 5.78 Å². The summed E-state index contributed by atoms with van der Waals surface area (Å²) < 4.78 is 1.81. The molecule has 0 unspecified atom stereocenters. The van der Waals surface area contributed by atoms with E-state index in [1.54, 1.807) is 6.20 Å². The lowest BCUT2D eigenvalue weighted by Crippen LogP contribution is -2.27. The van der Waals surface area contributed by atoms with Crippen LogP contribution in [0.15, 0.2) is 6.20 Å².